The quantitative estimate of drug-likeness (QED) is 0.0901. The summed E-state index contributed by atoms with van der Waals surface area (Å²) in [4.78, 5) is 18.6. The number of aromatic nitrogens is 4. The molecule has 0 saturated carbocycles. The van der Waals surface area contributed by atoms with Gasteiger partial charge in [-0.15, -0.1) is 19.7 Å². The third kappa shape index (κ3) is 7.40. The molecule has 2 aliphatic rings. The Morgan fingerprint density at radius 3 is 1.05 bits per heavy atom. The minimum Gasteiger partial charge on any atom is -0.399 e. The fraction of sp³-hybridized carbons (Fsp3) is 0.107. The summed E-state index contributed by atoms with van der Waals surface area (Å²) in [6.45, 7) is 16.6. The number of hydrogen-bond donors (Lipinski definition) is 3. The molecular formula is C56H49N5. The van der Waals surface area contributed by atoms with Gasteiger partial charge in [0.15, 0.2) is 0 Å². The molecule has 3 aromatic heterocycles. The van der Waals surface area contributed by atoms with Crippen molar-refractivity contribution in [3.63, 3.8) is 0 Å². The molecule has 4 N–H and O–H groups in total. The third-order valence-corrected chi connectivity index (χ3v) is 12.0. The van der Waals surface area contributed by atoms with Crippen molar-refractivity contribution in [2.75, 3.05) is 5.73 Å². The van der Waals surface area contributed by atoms with E-state index in [1.807, 2.05) is 30.4 Å². The summed E-state index contributed by atoms with van der Waals surface area (Å²) < 4.78 is 0. The summed E-state index contributed by atoms with van der Waals surface area (Å²) >= 11 is 0. The number of anilines is 1. The van der Waals surface area contributed by atoms with Gasteiger partial charge in [0.2, 0.25) is 0 Å². The molecule has 2 aliphatic heterocycles. The molecule has 0 amide bonds. The lowest BCUT2D eigenvalue weighted by Gasteiger charge is -2.32. The molecular weight excluding hydrogens is 743 g/mol. The van der Waals surface area contributed by atoms with Crippen LogP contribution in [0.15, 0.2) is 159 Å². The van der Waals surface area contributed by atoms with Crippen LogP contribution in [0.1, 0.15) is 58.7 Å². The highest BCUT2D eigenvalue weighted by molar-refractivity contribution is 6.00. The van der Waals surface area contributed by atoms with E-state index in [9.17, 15) is 0 Å². The van der Waals surface area contributed by atoms with Gasteiger partial charge in [-0.2, -0.15) is 0 Å². The van der Waals surface area contributed by atoms with Crippen molar-refractivity contribution in [3.05, 3.63) is 199 Å². The molecule has 9 rings (SSSR count). The monoisotopic (exact) mass is 791 g/mol. The molecule has 4 aromatic carbocycles. The highest BCUT2D eigenvalue weighted by Gasteiger charge is 2.29. The average Bonchev–Trinajstić information content (AvgIpc) is 4.12. The van der Waals surface area contributed by atoms with Crippen LogP contribution in [-0.2, 0) is 5.41 Å². The summed E-state index contributed by atoms with van der Waals surface area (Å²) in [7, 11) is 0. The number of aryl methyl sites for hydroxylation is 2. The molecule has 7 aromatic rings. The number of benzene rings is 4. The SMILES string of the molecule is C=CCC(CC=C)(CC=C)c1ccc(-c2c3nc(c(-c4ccc(C)cc4)c4ccc([nH]4)c(-c4ccc(N)cc4)c4nc(c(-c5ccc(C)cc5)c5ccc2[nH]5)C=C4)C=C3)cc1. The Balaban J connectivity index is 1.40. The predicted molar refractivity (Wildman–Crippen MR) is 261 cm³/mol. The molecule has 0 fully saturated rings. The second-order valence-electron chi connectivity index (χ2n) is 16.2. The van der Waals surface area contributed by atoms with Crippen molar-refractivity contribution in [1.29, 1.82) is 0 Å². The van der Waals surface area contributed by atoms with Crippen molar-refractivity contribution in [2.24, 2.45) is 0 Å². The van der Waals surface area contributed by atoms with Gasteiger partial charge in [0.1, 0.15) is 0 Å². The molecule has 298 valence electrons. The molecule has 0 unspecified atom stereocenters. The van der Waals surface area contributed by atoms with Gasteiger partial charge in [0.25, 0.3) is 0 Å². The Kier molecular flexibility index (Phi) is 10.4. The molecule has 61 heavy (non-hydrogen) atoms. The van der Waals surface area contributed by atoms with Crippen LogP contribution in [-0.4, -0.2) is 19.9 Å². The summed E-state index contributed by atoms with van der Waals surface area (Å²) in [5.41, 5.74) is 25.9. The average molecular weight is 792 g/mol. The minimum absolute atomic E-state index is 0.165. The molecule has 8 bridgehead atoms. The zero-order valence-electron chi connectivity index (χ0n) is 34.8. The van der Waals surface area contributed by atoms with Gasteiger partial charge in [0, 0.05) is 55.4 Å². The molecule has 5 heterocycles. The van der Waals surface area contributed by atoms with Crippen molar-refractivity contribution in [1.82, 2.24) is 19.9 Å². The van der Waals surface area contributed by atoms with Gasteiger partial charge < -0.3 is 15.7 Å². The third-order valence-electron chi connectivity index (χ3n) is 12.0. The first kappa shape index (κ1) is 39.0. The van der Waals surface area contributed by atoms with Crippen LogP contribution in [0.25, 0.3) is 90.9 Å². The Labute approximate surface area is 358 Å². The molecule has 0 spiro atoms. The lowest BCUT2D eigenvalue weighted by atomic mass is 9.72. The standard InChI is InChI=1S/C56H49N5/c1-6-33-56(34-7-2,35-8-3)42-21-17-40(18-22-42)54-48-29-25-44(58-48)52(38-13-9-36(4)10-14-38)46-27-31-50(60-46)55(41-19-23-43(57)24-20-41)51-32-28-47(61-51)53(45-26-30-49(54)59-45)39-15-11-37(5)12-16-39/h6-32,58,61H,1-3,33-35,57H2,4-5H3. The number of allylic oxidation sites excluding steroid dienone is 3. The second-order valence-corrected chi connectivity index (χ2v) is 16.2. The van der Waals surface area contributed by atoms with Crippen LogP contribution in [0.3, 0.4) is 0 Å². The van der Waals surface area contributed by atoms with Crippen LogP contribution in [0.5, 0.6) is 0 Å². The number of hydrogen-bond acceptors (Lipinski definition) is 3. The van der Waals surface area contributed by atoms with Crippen molar-refractivity contribution < 1.29 is 0 Å². The summed E-state index contributed by atoms with van der Waals surface area (Å²) in [5.74, 6) is 0. The van der Waals surface area contributed by atoms with E-state index in [1.165, 1.54) is 16.7 Å². The van der Waals surface area contributed by atoms with Crippen LogP contribution >= 0.6 is 0 Å². The van der Waals surface area contributed by atoms with Crippen molar-refractivity contribution in [2.45, 2.75) is 38.5 Å². The Morgan fingerprint density at radius 1 is 0.443 bits per heavy atom. The van der Waals surface area contributed by atoms with E-state index in [2.05, 4.69) is 177 Å². The largest absolute Gasteiger partial charge is 0.399 e. The van der Waals surface area contributed by atoms with E-state index in [0.717, 1.165) is 109 Å². The smallest absolute Gasteiger partial charge is 0.0737 e. The first-order valence-corrected chi connectivity index (χ1v) is 20.9. The highest BCUT2D eigenvalue weighted by Crippen LogP contribution is 2.41. The Hall–Kier alpha value is -7.50. The topological polar surface area (TPSA) is 83.4 Å². The molecule has 0 radical (unpaired) electrons. The number of fused-ring (bicyclic) bond motifs is 8. The fourth-order valence-corrected chi connectivity index (χ4v) is 8.93. The normalized spacial score (nSPS) is 12.1. The van der Waals surface area contributed by atoms with Crippen LogP contribution in [0, 0.1) is 13.8 Å². The number of rotatable bonds is 11. The first-order valence-electron chi connectivity index (χ1n) is 20.9. The molecule has 0 saturated heterocycles. The maximum Gasteiger partial charge on any atom is 0.0737 e. The van der Waals surface area contributed by atoms with Crippen molar-refractivity contribution >= 4 is 52.1 Å². The van der Waals surface area contributed by atoms with Gasteiger partial charge in [-0.1, -0.05) is 114 Å². The first-order chi connectivity index (χ1) is 29.8. The van der Waals surface area contributed by atoms with E-state index in [-0.39, 0.29) is 5.41 Å². The molecule has 0 atom stereocenters. The minimum atomic E-state index is -0.165. The van der Waals surface area contributed by atoms with Gasteiger partial charge in [0.05, 0.1) is 22.8 Å². The lowest BCUT2D eigenvalue weighted by Crippen LogP contribution is -2.24. The van der Waals surface area contributed by atoms with Gasteiger partial charge in [-0.25, -0.2) is 9.97 Å². The van der Waals surface area contributed by atoms with Gasteiger partial charge in [-0.05, 0) is 122 Å². The van der Waals surface area contributed by atoms with Gasteiger partial charge >= 0.3 is 0 Å². The zero-order chi connectivity index (χ0) is 42.1. The van der Waals surface area contributed by atoms with Crippen LogP contribution in [0.2, 0.25) is 0 Å². The highest BCUT2D eigenvalue weighted by atomic mass is 14.8. The van der Waals surface area contributed by atoms with E-state index in [0.29, 0.717) is 5.69 Å². The number of aromatic amines is 2. The Bertz CT molecular complexity index is 2970. The summed E-state index contributed by atoms with van der Waals surface area (Å²) in [6.07, 6.45) is 17.0. The maximum absolute atomic E-state index is 6.21. The van der Waals surface area contributed by atoms with E-state index < -0.39 is 0 Å². The molecule has 0 aliphatic carbocycles. The van der Waals surface area contributed by atoms with Crippen LogP contribution < -0.4 is 5.73 Å². The number of H-pyrrole nitrogens is 2. The van der Waals surface area contributed by atoms with E-state index >= 15 is 0 Å². The number of nitrogens with zero attached hydrogens (tertiary/aromatic N) is 2. The molecule has 5 heteroatoms. The van der Waals surface area contributed by atoms with E-state index in [1.54, 1.807) is 0 Å². The number of nitrogen functional groups attached to an aromatic ring is 1. The number of nitrogens with two attached hydrogens (primary N) is 1. The Morgan fingerprint density at radius 2 is 0.738 bits per heavy atom. The summed E-state index contributed by atoms with van der Waals surface area (Å²) in [5, 5.41) is 0. The van der Waals surface area contributed by atoms with Gasteiger partial charge in [-0.3, -0.25) is 0 Å². The zero-order valence-corrected chi connectivity index (χ0v) is 34.8. The molecule has 5 nitrogen and oxygen atoms in total. The second kappa shape index (κ2) is 16.3. The number of nitrogens with one attached hydrogen (secondary N) is 2. The van der Waals surface area contributed by atoms with E-state index in [4.69, 9.17) is 15.7 Å². The summed E-state index contributed by atoms with van der Waals surface area (Å²) in [6, 6.07) is 43.0. The van der Waals surface area contributed by atoms with Crippen molar-refractivity contribution in [3.8, 4) is 44.5 Å². The predicted octanol–water partition coefficient (Wildman–Crippen LogP) is 14.5. The maximum atomic E-state index is 6.21. The lowest BCUT2D eigenvalue weighted by molar-refractivity contribution is 0.442. The van der Waals surface area contributed by atoms with Crippen LogP contribution in [0.4, 0.5) is 5.69 Å². The fourth-order valence-electron chi connectivity index (χ4n) is 8.93.